The molecule has 0 N–H and O–H groups in total. The van der Waals surface area contributed by atoms with Crippen molar-refractivity contribution in [2.45, 2.75) is 39.4 Å². The van der Waals surface area contributed by atoms with Gasteiger partial charge in [0.05, 0.1) is 12.3 Å². The molecule has 0 saturated heterocycles. The lowest BCUT2D eigenvalue weighted by Crippen LogP contribution is -2.37. The molecule has 0 aliphatic heterocycles. The number of imidazole rings is 1. The molecule has 0 amide bonds. The highest BCUT2D eigenvalue weighted by molar-refractivity contribution is 7.99. The van der Waals surface area contributed by atoms with Gasteiger partial charge in [0.15, 0.2) is 22.1 Å². The summed E-state index contributed by atoms with van der Waals surface area (Å²) in [6.07, 6.45) is 0. The molecule has 2 heterocycles. The van der Waals surface area contributed by atoms with Crippen LogP contribution in [0.1, 0.15) is 38.2 Å². The second-order valence-electron chi connectivity index (χ2n) is 8.83. The summed E-state index contributed by atoms with van der Waals surface area (Å²) in [5.74, 6) is -0.271. The van der Waals surface area contributed by atoms with Crippen molar-refractivity contribution < 1.29 is 9.18 Å². The molecule has 0 spiro atoms. The minimum absolute atomic E-state index is 0.0287. The predicted molar refractivity (Wildman–Crippen MR) is 136 cm³/mol. The Hall–Kier alpha value is -3.46. The third-order valence-corrected chi connectivity index (χ3v) is 7.52. The summed E-state index contributed by atoms with van der Waals surface area (Å²) < 4.78 is 17.5. The molecule has 2 aromatic heterocycles. The first kappa shape index (κ1) is 24.7. The minimum Gasteiger partial charge on any atom is -0.309 e. The van der Waals surface area contributed by atoms with Crippen LogP contribution in [0.4, 0.5) is 4.39 Å². The number of aromatic nitrogens is 4. The zero-order valence-electron chi connectivity index (χ0n) is 20.6. The first-order valence-electron chi connectivity index (χ1n) is 11.1. The number of nitrogens with zero attached hydrogens (tertiary/aromatic N) is 4. The quantitative estimate of drug-likeness (QED) is 0.301. The van der Waals surface area contributed by atoms with Crippen LogP contribution in [0.3, 0.4) is 0 Å². The van der Waals surface area contributed by atoms with Crippen molar-refractivity contribution in [3.05, 3.63) is 90.4 Å². The van der Waals surface area contributed by atoms with Crippen LogP contribution in [-0.2, 0) is 20.6 Å². The molecule has 0 saturated carbocycles. The van der Waals surface area contributed by atoms with Crippen LogP contribution in [0.15, 0.2) is 45.1 Å². The average molecular weight is 495 g/mol. The van der Waals surface area contributed by atoms with E-state index >= 15 is 0 Å². The van der Waals surface area contributed by atoms with Gasteiger partial charge < -0.3 is 4.57 Å². The van der Waals surface area contributed by atoms with Gasteiger partial charge in [-0.15, -0.1) is 0 Å². The van der Waals surface area contributed by atoms with Gasteiger partial charge in [-0.25, -0.2) is 14.2 Å². The standard InChI is InChI=1S/C26H27FN4O3S/c1-14-11-15(2)17(4)21(16(14)3)20(32)13-35-25-28-23-22(24(33)30(6)26(34)29(23)5)31(25)12-18-7-9-19(27)10-8-18/h7-11H,12-13H2,1-6H3. The van der Waals surface area contributed by atoms with Crippen LogP contribution in [-0.4, -0.2) is 30.2 Å². The van der Waals surface area contributed by atoms with Gasteiger partial charge in [0, 0.05) is 19.7 Å². The van der Waals surface area contributed by atoms with Crippen molar-refractivity contribution >= 4 is 28.7 Å². The molecule has 7 nitrogen and oxygen atoms in total. The largest absolute Gasteiger partial charge is 0.332 e. The van der Waals surface area contributed by atoms with E-state index < -0.39 is 11.2 Å². The summed E-state index contributed by atoms with van der Waals surface area (Å²) in [6, 6.07) is 8.05. The molecule has 9 heteroatoms. The van der Waals surface area contributed by atoms with Gasteiger partial charge in [-0.2, -0.15) is 0 Å². The van der Waals surface area contributed by atoms with E-state index in [1.165, 1.54) is 35.5 Å². The number of halogens is 1. The van der Waals surface area contributed by atoms with Crippen LogP contribution in [0, 0.1) is 33.5 Å². The molecule has 2 aromatic carbocycles. The lowest BCUT2D eigenvalue weighted by atomic mass is 9.92. The number of ketones is 1. The smallest absolute Gasteiger partial charge is 0.309 e. The van der Waals surface area contributed by atoms with E-state index in [2.05, 4.69) is 11.1 Å². The van der Waals surface area contributed by atoms with E-state index in [-0.39, 0.29) is 35.1 Å². The van der Waals surface area contributed by atoms with Gasteiger partial charge in [0.25, 0.3) is 5.56 Å². The number of rotatable bonds is 6. The first-order chi connectivity index (χ1) is 16.5. The molecule has 182 valence electrons. The maximum absolute atomic E-state index is 13.5. The Bertz CT molecular complexity index is 1570. The minimum atomic E-state index is -0.483. The Labute approximate surface area is 206 Å². The van der Waals surface area contributed by atoms with Gasteiger partial charge in [-0.1, -0.05) is 30.0 Å². The van der Waals surface area contributed by atoms with E-state index in [1.807, 2.05) is 27.7 Å². The molecule has 0 aliphatic rings. The fourth-order valence-electron chi connectivity index (χ4n) is 4.29. The Kier molecular flexibility index (Phi) is 6.55. The predicted octanol–water partition coefficient (Wildman–Crippen LogP) is 3.83. The second kappa shape index (κ2) is 9.30. The lowest BCUT2D eigenvalue weighted by Gasteiger charge is -2.14. The Balaban J connectivity index is 1.80. The van der Waals surface area contributed by atoms with Crippen LogP contribution >= 0.6 is 11.8 Å². The van der Waals surface area contributed by atoms with Crippen LogP contribution in [0.2, 0.25) is 0 Å². The number of carbonyl (C=O) groups is 1. The van der Waals surface area contributed by atoms with Crippen molar-refractivity contribution in [2.24, 2.45) is 14.1 Å². The molecule has 0 bridgehead atoms. The molecule has 4 rings (SSSR count). The highest BCUT2D eigenvalue weighted by Crippen LogP contribution is 2.27. The highest BCUT2D eigenvalue weighted by Gasteiger charge is 2.22. The van der Waals surface area contributed by atoms with Crippen molar-refractivity contribution in [3.63, 3.8) is 0 Å². The molecule has 0 fully saturated rings. The Morgan fingerprint density at radius 1 is 0.971 bits per heavy atom. The Morgan fingerprint density at radius 3 is 2.17 bits per heavy atom. The van der Waals surface area contributed by atoms with E-state index in [0.29, 0.717) is 10.7 Å². The van der Waals surface area contributed by atoms with Gasteiger partial charge in [-0.05, 0) is 67.6 Å². The van der Waals surface area contributed by atoms with E-state index in [4.69, 9.17) is 0 Å². The molecule has 35 heavy (non-hydrogen) atoms. The average Bonchev–Trinajstić information content (AvgIpc) is 3.18. The number of aryl methyl sites for hydroxylation is 3. The third kappa shape index (κ3) is 4.36. The van der Waals surface area contributed by atoms with Crippen molar-refractivity contribution in [1.82, 2.24) is 18.7 Å². The van der Waals surface area contributed by atoms with Gasteiger partial charge >= 0.3 is 5.69 Å². The topological polar surface area (TPSA) is 78.9 Å². The molecule has 0 radical (unpaired) electrons. The summed E-state index contributed by atoms with van der Waals surface area (Å²) in [6.45, 7) is 8.11. The number of hydrogen-bond donors (Lipinski definition) is 0. The summed E-state index contributed by atoms with van der Waals surface area (Å²) in [7, 11) is 2.97. The number of Topliss-reactive ketones (excluding diaryl/α,β-unsaturated/α-hetero) is 1. The zero-order chi connectivity index (χ0) is 25.6. The molecule has 4 aromatic rings. The van der Waals surface area contributed by atoms with Gasteiger partial charge in [0.1, 0.15) is 5.82 Å². The zero-order valence-corrected chi connectivity index (χ0v) is 21.4. The van der Waals surface area contributed by atoms with E-state index in [0.717, 1.165) is 32.4 Å². The summed E-state index contributed by atoms with van der Waals surface area (Å²) in [4.78, 5) is 43.4. The number of thioether (sulfide) groups is 1. The number of fused-ring (bicyclic) bond motifs is 1. The molecule has 0 unspecified atom stereocenters. The maximum Gasteiger partial charge on any atom is 0.332 e. The molecular formula is C26H27FN4O3S. The summed E-state index contributed by atoms with van der Waals surface area (Å²) in [5.41, 5.74) is 5.04. The van der Waals surface area contributed by atoms with Crippen LogP contribution in [0.25, 0.3) is 11.2 Å². The molecule has 0 atom stereocenters. The normalized spacial score (nSPS) is 11.4. The highest BCUT2D eigenvalue weighted by atomic mass is 32.2. The van der Waals surface area contributed by atoms with Crippen LogP contribution < -0.4 is 11.2 Å². The fraction of sp³-hybridized carbons (Fsp3) is 0.308. The van der Waals surface area contributed by atoms with Crippen molar-refractivity contribution in [3.8, 4) is 0 Å². The SMILES string of the molecule is Cc1cc(C)c(C)c(C(=O)CSc2nc3c(c(=O)n(C)c(=O)n3C)n2Cc2ccc(F)cc2)c1C. The number of hydrogen-bond acceptors (Lipinski definition) is 5. The van der Waals surface area contributed by atoms with Crippen molar-refractivity contribution in [1.29, 1.82) is 0 Å². The number of benzene rings is 2. The van der Waals surface area contributed by atoms with Gasteiger partial charge in [0.2, 0.25) is 0 Å². The molecular weight excluding hydrogens is 467 g/mol. The fourth-order valence-corrected chi connectivity index (χ4v) is 5.16. The third-order valence-electron chi connectivity index (χ3n) is 6.54. The summed E-state index contributed by atoms with van der Waals surface area (Å²) >= 11 is 1.22. The number of carbonyl (C=O) groups excluding carboxylic acids is 1. The van der Waals surface area contributed by atoms with E-state index in [9.17, 15) is 18.8 Å². The van der Waals surface area contributed by atoms with Crippen molar-refractivity contribution in [2.75, 3.05) is 5.75 Å². The van der Waals surface area contributed by atoms with E-state index in [1.54, 1.807) is 23.7 Å². The van der Waals surface area contributed by atoms with Gasteiger partial charge in [-0.3, -0.25) is 18.7 Å². The Morgan fingerprint density at radius 2 is 1.57 bits per heavy atom. The monoisotopic (exact) mass is 494 g/mol. The summed E-state index contributed by atoms with van der Waals surface area (Å²) in [5, 5.41) is 0.440. The second-order valence-corrected chi connectivity index (χ2v) is 9.77. The first-order valence-corrected chi connectivity index (χ1v) is 12.1. The maximum atomic E-state index is 13.5. The van der Waals surface area contributed by atoms with Crippen LogP contribution in [0.5, 0.6) is 0 Å². The lowest BCUT2D eigenvalue weighted by molar-refractivity contribution is 0.102. The molecule has 0 aliphatic carbocycles.